The Labute approximate surface area is 215 Å². The summed E-state index contributed by atoms with van der Waals surface area (Å²) in [6, 6.07) is 23.7. The number of benzene rings is 2. The van der Waals surface area contributed by atoms with Crippen molar-refractivity contribution in [1.82, 2.24) is 0 Å². The second-order valence-electron chi connectivity index (χ2n) is 8.98. The summed E-state index contributed by atoms with van der Waals surface area (Å²) in [7, 11) is -1.34. The normalized spacial score (nSPS) is 18.7. The first-order valence-electron chi connectivity index (χ1n) is 9.91. The third kappa shape index (κ3) is 5.74. The Hall–Kier alpha value is -0.279. The quantitative estimate of drug-likeness (QED) is 0.372. The fourth-order valence-corrected chi connectivity index (χ4v) is 10.3. The van der Waals surface area contributed by atoms with Crippen molar-refractivity contribution >= 4 is 19.2 Å². The molecule has 1 aliphatic carbocycles. The van der Waals surface area contributed by atoms with E-state index in [1.54, 1.807) is 21.5 Å². The third-order valence-electron chi connectivity index (χ3n) is 6.23. The number of rotatable bonds is 4. The zero-order valence-corrected chi connectivity index (χ0v) is 23.7. The molecule has 0 radical (unpaired) electrons. The first-order valence-corrected chi connectivity index (χ1v) is 12.7. The Morgan fingerprint density at radius 3 is 1.50 bits per heavy atom. The summed E-state index contributed by atoms with van der Waals surface area (Å²) < 4.78 is 0.148. The van der Waals surface area contributed by atoms with Crippen molar-refractivity contribution in [2.45, 2.75) is 51.3 Å². The molecule has 1 unspecified atom stereocenters. The Balaban J connectivity index is 0.00000280. The summed E-state index contributed by atoms with van der Waals surface area (Å²) in [4.78, 5) is 0. The summed E-state index contributed by atoms with van der Waals surface area (Å²) >= 11 is 2.51. The van der Waals surface area contributed by atoms with E-state index in [-0.39, 0.29) is 46.4 Å². The van der Waals surface area contributed by atoms with Crippen LogP contribution in [0.15, 0.2) is 83.0 Å². The number of hydrogen-bond acceptors (Lipinski definition) is 0. The molecule has 2 aromatic carbocycles. The average Bonchev–Trinajstić information content (AvgIpc) is 2.81. The average molecular weight is 514 g/mol. The fraction of sp³-hybridized carbons (Fsp3) is 0.360. The molecule has 0 bridgehead atoms. The van der Waals surface area contributed by atoms with Crippen LogP contribution in [0.1, 0.15) is 41.5 Å². The van der Waals surface area contributed by atoms with Gasteiger partial charge in [0.15, 0.2) is 0 Å². The molecule has 0 nitrogen and oxygen atoms in total. The molecule has 2 aromatic rings. The van der Waals surface area contributed by atoms with Gasteiger partial charge in [-0.3, -0.25) is 0 Å². The SMILES string of the molecule is CC1=C(C)[C]([Ti+3])(C[SiH](c2ccccc2)c2ccccc2)C(C(C)(C)C)=C1C.[Cl-].[Cl-].[Cl-]. The Bertz CT molecular complexity index is 846. The van der Waals surface area contributed by atoms with Crippen molar-refractivity contribution in [3.05, 3.63) is 83.0 Å². The Kier molecular flexibility index (Phi) is 11.4. The molecule has 3 rings (SSSR count). The van der Waals surface area contributed by atoms with Crippen molar-refractivity contribution < 1.29 is 57.7 Å². The molecular weight excluding hydrogens is 483 g/mol. The molecule has 0 fully saturated rings. The molecule has 160 valence electrons. The van der Waals surface area contributed by atoms with E-state index in [0.717, 1.165) is 0 Å². The second-order valence-corrected chi connectivity index (χ2v) is 13.2. The van der Waals surface area contributed by atoms with Gasteiger partial charge in [0.05, 0.1) is 0 Å². The Morgan fingerprint density at radius 1 is 0.733 bits per heavy atom. The van der Waals surface area contributed by atoms with Crippen LogP contribution in [0.25, 0.3) is 0 Å². The molecule has 30 heavy (non-hydrogen) atoms. The van der Waals surface area contributed by atoms with E-state index in [1.807, 2.05) is 0 Å². The maximum absolute atomic E-state index is 2.51. The fourth-order valence-electron chi connectivity index (χ4n) is 4.86. The zero-order valence-electron chi connectivity index (χ0n) is 18.7. The van der Waals surface area contributed by atoms with Gasteiger partial charge in [0.2, 0.25) is 0 Å². The third-order valence-corrected chi connectivity index (χ3v) is 11.6. The minimum absolute atomic E-state index is 0. The van der Waals surface area contributed by atoms with E-state index in [2.05, 4.69) is 123 Å². The zero-order chi connectivity index (χ0) is 19.8. The van der Waals surface area contributed by atoms with Crippen molar-refractivity contribution in [3.8, 4) is 0 Å². The maximum Gasteiger partial charge on any atom is -1.00 e. The van der Waals surface area contributed by atoms with Gasteiger partial charge in [-0.25, -0.2) is 0 Å². The number of halogens is 3. The number of allylic oxidation sites excluding steroid dienone is 4. The molecule has 0 saturated heterocycles. The molecule has 0 saturated carbocycles. The van der Waals surface area contributed by atoms with Crippen LogP contribution in [0, 0.1) is 5.41 Å². The summed E-state index contributed by atoms with van der Waals surface area (Å²) in [5.74, 6) is 0. The van der Waals surface area contributed by atoms with Crippen molar-refractivity contribution in [1.29, 1.82) is 0 Å². The second kappa shape index (κ2) is 11.5. The van der Waals surface area contributed by atoms with E-state index >= 15 is 0 Å². The van der Waals surface area contributed by atoms with Gasteiger partial charge in [0.1, 0.15) is 0 Å². The molecule has 0 spiro atoms. The molecule has 0 heterocycles. The molecule has 5 heteroatoms. The van der Waals surface area contributed by atoms with Gasteiger partial charge in [0.25, 0.3) is 0 Å². The standard InChI is InChI=1S/C25H31Si.3ClH.Ti/c1-18-19(2)23(24(20(18)3)25(4,5)6)17-26(21-13-9-7-10-14-21)22-15-11-8-12-16-22;;;;/h7-16,26H,17H2,1-6H3;3*1H;/q;;;;+3/p-3. The van der Waals surface area contributed by atoms with Gasteiger partial charge in [-0.15, -0.1) is 0 Å². The summed E-state index contributed by atoms with van der Waals surface area (Å²) in [6.45, 7) is 14.2. The predicted molar refractivity (Wildman–Crippen MR) is 117 cm³/mol. The molecule has 1 aliphatic rings. The molecular formula is C25H31Cl3SiTi. The largest absolute Gasteiger partial charge is 1.00 e. The van der Waals surface area contributed by atoms with Gasteiger partial charge >= 0.3 is 179 Å². The van der Waals surface area contributed by atoms with Crippen molar-refractivity contribution in [2.24, 2.45) is 5.41 Å². The first kappa shape index (κ1) is 29.7. The van der Waals surface area contributed by atoms with Crippen LogP contribution in [0.3, 0.4) is 0 Å². The van der Waals surface area contributed by atoms with Crippen LogP contribution >= 0.6 is 0 Å². The van der Waals surface area contributed by atoms with Gasteiger partial charge in [0, 0.05) is 0 Å². The molecule has 0 amide bonds. The summed E-state index contributed by atoms with van der Waals surface area (Å²) in [5, 5.41) is 3.10. The van der Waals surface area contributed by atoms with E-state index in [1.165, 1.54) is 17.2 Å². The topological polar surface area (TPSA) is 0 Å². The molecule has 0 aromatic heterocycles. The van der Waals surface area contributed by atoms with Crippen LogP contribution in [0.4, 0.5) is 0 Å². The van der Waals surface area contributed by atoms with E-state index in [9.17, 15) is 0 Å². The minimum Gasteiger partial charge on any atom is -1.00 e. The van der Waals surface area contributed by atoms with E-state index < -0.39 is 8.80 Å². The van der Waals surface area contributed by atoms with Crippen LogP contribution < -0.4 is 47.6 Å². The monoisotopic (exact) mass is 512 g/mol. The maximum atomic E-state index is 2.51. The van der Waals surface area contributed by atoms with Crippen molar-refractivity contribution in [2.75, 3.05) is 0 Å². The van der Waals surface area contributed by atoms with Crippen LogP contribution in [-0.4, -0.2) is 8.80 Å². The van der Waals surface area contributed by atoms with Crippen molar-refractivity contribution in [3.63, 3.8) is 0 Å². The van der Waals surface area contributed by atoms with Gasteiger partial charge in [-0.1, -0.05) is 0 Å². The summed E-state index contributed by atoms with van der Waals surface area (Å²) in [5.41, 5.74) is 6.45. The molecule has 0 N–H and O–H groups in total. The predicted octanol–water partition coefficient (Wildman–Crippen LogP) is -3.54. The minimum atomic E-state index is -1.34. The molecule has 1 atom stereocenters. The molecule has 0 aliphatic heterocycles. The summed E-state index contributed by atoms with van der Waals surface area (Å²) in [6.07, 6.45) is 0. The van der Waals surface area contributed by atoms with Gasteiger partial charge in [-0.2, -0.15) is 0 Å². The van der Waals surface area contributed by atoms with E-state index in [0.29, 0.717) is 0 Å². The van der Waals surface area contributed by atoms with Gasteiger partial charge in [-0.05, 0) is 0 Å². The van der Waals surface area contributed by atoms with Crippen LogP contribution in [0.5, 0.6) is 0 Å². The van der Waals surface area contributed by atoms with Crippen LogP contribution in [0.2, 0.25) is 9.76 Å². The first-order chi connectivity index (χ1) is 12.7. The Morgan fingerprint density at radius 2 is 1.13 bits per heavy atom. The van der Waals surface area contributed by atoms with Gasteiger partial charge < -0.3 is 37.2 Å². The van der Waals surface area contributed by atoms with E-state index in [4.69, 9.17) is 0 Å². The van der Waals surface area contributed by atoms with Crippen LogP contribution in [-0.2, 0) is 20.4 Å². The number of hydrogen-bond donors (Lipinski definition) is 0. The smallest absolute Gasteiger partial charge is 1.00 e.